The average molecular weight is 283 g/mol. The molecule has 1 heterocycles. The Kier molecular flexibility index (Phi) is 3.78. The maximum Gasteiger partial charge on any atom is 0.432 e. The van der Waals surface area contributed by atoms with Gasteiger partial charge in [0.2, 0.25) is 5.91 Å². The van der Waals surface area contributed by atoms with E-state index in [2.05, 4.69) is 10.4 Å². The molecule has 1 aromatic heterocycles. The first-order valence-electron chi connectivity index (χ1n) is 5.82. The van der Waals surface area contributed by atoms with Crippen molar-refractivity contribution in [3.05, 3.63) is 41.6 Å². The first-order chi connectivity index (χ1) is 9.40. The minimum absolute atomic E-state index is 0.128. The fourth-order valence-electron chi connectivity index (χ4n) is 1.68. The highest BCUT2D eigenvalue weighted by molar-refractivity contribution is 5.78. The minimum atomic E-state index is -4.44. The van der Waals surface area contributed by atoms with Gasteiger partial charge < -0.3 is 5.32 Å². The molecule has 0 bridgehead atoms. The average Bonchev–Trinajstić information content (AvgIpc) is 2.89. The van der Waals surface area contributed by atoms with Crippen molar-refractivity contribution in [3.8, 4) is 11.3 Å². The van der Waals surface area contributed by atoms with Crippen LogP contribution in [0.3, 0.4) is 0 Å². The number of aromatic amines is 1. The summed E-state index contributed by atoms with van der Waals surface area (Å²) < 4.78 is 37.3. The van der Waals surface area contributed by atoms with Gasteiger partial charge in [-0.2, -0.15) is 18.3 Å². The number of nitrogens with one attached hydrogen (secondary N) is 2. The van der Waals surface area contributed by atoms with Crippen molar-refractivity contribution in [1.29, 1.82) is 0 Å². The van der Waals surface area contributed by atoms with Crippen LogP contribution in [0, 0.1) is 0 Å². The Morgan fingerprint density at radius 3 is 2.45 bits per heavy atom. The monoisotopic (exact) mass is 283 g/mol. The number of carbonyl (C=O) groups excluding carboxylic acids is 1. The van der Waals surface area contributed by atoms with E-state index < -0.39 is 11.9 Å². The van der Waals surface area contributed by atoms with Crippen molar-refractivity contribution in [2.75, 3.05) is 7.05 Å². The van der Waals surface area contributed by atoms with Crippen LogP contribution in [-0.4, -0.2) is 23.2 Å². The van der Waals surface area contributed by atoms with Gasteiger partial charge >= 0.3 is 6.18 Å². The molecule has 2 rings (SSSR count). The third kappa shape index (κ3) is 3.17. The SMILES string of the molecule is CNC(=O)Cc1ccc(-c2cc(C(F)(F)F)[nH]n2)cc1. The van der Waals surface area contributed by atoms with Crippen LogP contribution in [0.5, 0.6) is 0 Å². The fourth-order valence-corrected chi connectivity index (χ4v) is 1.68. The van der Waals surface area contributed by atoms with Crippen LogP contribution in [0.15, 0.2) is 30.3 Å². The Labute approximate surface area is 113 Å². The van der Waals surface area contributed by atoms with Crippen LogP contribution >= 0.6 is 0 Å². The van der Waals surface area contributed by atoms with Gasteiger partial charge in [-0.1, -0.05) is 24.3 Å². The molecule has 4 nitrogen and oxygen atoms in total. The molecular weight excluding hydrogens is 271 g/mol. The second-order valence-electron chi connectivity index (χ2n) is 4.21. The van der Waals surface area contributed by atoms with Gasteiger partial charge in [-0.3, -0.25) is 9.89 Å². The zero-order chi connectivity index (χ0) is 14.8. The van der Waals surface area contributed by atoms with Crippen LogP contribution in [-0.2, 0) is 17.4 Å². The molecular formula is C13H12F3N3O. The summed E-state index contributed by atoms with van der Waals surface area (Å²) in [6.07, 6.45) is -4.21. The number of H-pyrrole nitrogens is 1. The van der Waals surface area contributed by atoms with Crippen molar-refractivity contribution in [2.45, 2.75) is 12.6 Å². The third-order valence-corrected chi connectivity index (χ3v) is 2.78. The van der Waals surface area contributed by atoms with E-state index in [-0.39, 0.29) is 18.0 Å². The molecule has 2 N–H and O–H groups in total. The normalized spacial score (nSPS) is 11.4. The van der Waals surface area contributed by atoms with Crippen LogP contribution < -0.4 is 5.32 Å². The molecule has 0 saturated carbocycles. The van der Waals surface area contributed by atoms with E-state index in [1.165, 1.54) is 0 Å². The third-order valence-electron chi connectivity index (χ3n) is 2.78. The highest BCUT2D eigenvalue weighted by Crippen LogP contribution is 2.30. The number of hydrogen-bond acceptors (Lipinski definition) is 2. The Bertz CT molecular complexity index is 602. The Hall–Kier alpha value is -2.31. The van der Waals surface area contributed by atoms with Crippen LogP contribution in [0.25, 0.3) is 11.3 Å². The van der Waals surface area contributed by atoms with E-state index in [1.807, 2.05) is 5.10 Å². The maximum atomic E-state index is 12.4. The van der Waals surface area contributed by atoms with Gasteiger partial charge in [-0.05, 0) is 11.6 Å². The lowest BCUT2D eigenvalue weighted by molar-refractivity contribution is -0.141. The number of nitrogens with zero attached hydrogens (tertiary/aromatic N) is 1. The molecule has 106 valence electrons. The van der Waals surface area contributed by atoms with E-state index in [0.717, 1.165) is 11.6 Å². The predicted octanol–water partition coefficient (Wildman–Crippen LogP) is 2.38. The quantitative estimate of drug-likeness (QED) is 0.908. The molecule has 0 aliphatic rings. The summed E-state index contributed by atoms with van der Waals surface area (Å²) in [5.41, 5.74) is 0.655. The summed E-state index contributed by atoms with van der Waals surface area (Å²) in [5.74, 6) is -0.128. The maximum absolute atomic E-state index is 12.4. The van der Waals surface area contributed by atoms with Gasteiger partial charge in [0.25, 0.3) is 0 Å². The molecule has 1 aromatic carbocycles. The Balaban J connectivity index is 2.18. The molecule has 0 aliphatic heterocycles. The molecule has 0 spiro atoms. The number of halogens is 3. The van der Waals surface area contributed by atoms with Crippen molar-refractivity contribution in [1.82, 2.24) is 15.5 Å². The highest BCUT2D eigenvalue weighted by atomic mass is 19.4. The van der Waals surface area contributed by atoms with E-state index in [1.54, 1.807) is 31.3 Å². The van der Waals surface area contributed by atoms with E-state index in [4.69, 9.17) is 0 Å². The molecule has 2 aromatic rings. The number of alkyl halides is 3. The van der Waals surface area contributed by atoms with Gasteiger partial charge in [-0.25, -0.2) is 0 Å². The van der Waals surface area contributed by atoms with Crippen molar-refractivity contribution in [2.24, 2.45) is 0 Å². The molecule has 0 atom stereocenters. The molecule has 7 heteroatoms. The number of likely N-dealkylation sites (N-methyl/N-ethyl adjacent to an activating group) is 1. The lowest BCUT2D eigenvalue weighted by Gasteiger charge is -2.02. The zero-order valence-corrected chi connectivity index (χ0v) is 10.6. The van der Waals surface area contributed by atoms with Crippen molar-refractivity contribution in [3.63, 3.8) is 0 Å². The standard InChI is InChI=1S/C13H12F3N3O/c1-17-12(20)6-8-2-4-9(5-3-8)10-7-11(19-18-10)13(14,15)16/h2-5,7H,6H2,1H3,(H,17,20)(H,18,19). The van der Waals surface area contributed by atoms with Crippen LogP contribution in [0.2, 0.25) is 0 Å². The first-order valence-corrected chi connectivity index (χ1v) is 5.82. The molecule has 0 unspecified atom stereocenters. The molecule has 0 fully saturated rings. The van der Waals surface area contributed by atoms with E-state index >= 15 is 0 Å². The number of aromatic nitrogens is 2. The second-order valence-corrected chi connectivity index (χ2v) is 4.21. The first kappa shape index (κ1) is 14.1. The molecule has 0 saturated heterocycles. The topological polar surface area (TPSA) is 57.8 Å². The highest BCUT2D eigenvalue weighted by Gasteiger charge is 2.33. The van der Waals surface area contributed by atoms with Crippen molar-refractivity contribution >= 4 is 5.91 Å². The summed E-state index contributed by atoms with van der Waals surface area (Å²) in [7, 11) is 1.54. The zero-order valence-electron chi connectivity index (χ0n) is 10.6. The Morgan fingerprint density at radius 1 is 1.30 bits per heavy atom. The fraction of sp³-hybridized carbons (Fsp3) is 0.231. The van der Waals surface area contributed by atoms with Crippen molar-refractivity contribution < 1.29 is 18.0 Å². The minimum Gasteiger partial charge on any atom is -0.359 e. The smallest absolute Gasteiger partial charge is 0.359 e. The number of benzene rings is 1. The van der Waals surface area contributed by atoms with Crippen LogP contribution in [0.4, 0.5) is 13.2 Å². The summed E-state index contributed by atoms with van der Waals surface area (Å²) in [4.78, 5) is 11.2. The summed E-state index contributed by atoms with van der Waals surface area (Å²) in [6.45, 7) is 0. The number of amides is 1. The van der Waals surface area contributed by atoms with E-state index in [9.17, 15) is 18.0 Å². The molecule has 20 heavy (non-hydrogen) atoms. The molecule has 1 amide bonds. The number of carbonyl (C=O) groups is 1. The summed E-state index contributed by atoms with van der Waals surface area (Å²) >= 11 is 0. The number of hydrogen-bond donors (Lipinski definition) is 2. The van der Waals surface area contributed by atoms with Gasteiger partial charge in [0.15, 0.2) is 0 Å². The largest absolute Gasteiger partial charge is 0.432 e. The predicted molar refractivity (Wildman–Crippen MR) is 66.8 cm³/mol. The van der Waals surface area contributed by atoms with Gasteiger partial charge in [0.05, 0.1) is 12.1 Å². The second kappa shape index (κ2) is 5.36. The lowest BCUT2D eigenvalue weighted by atomic mass is 10.1. The summed E-state index contributed by atoms with van der Waals surface area (Å²) in [5, 5.41) is 8.09. The lowest BCUT2D eigenvalue weighted by Crippen LogP contribution is -2.19. The van der Waals surface area contributed by atoms with E-state index in [0.29, 0.717) is 5.56 Å². The molecule has 0 radical (unpaired) electrons. The van der Waals surface area contributed by atoms with Gasteiger partial charge in [-0.15, -0.1) is 0 Å². The Morgan fingerprint density at radius 2 is 1.95 bits per heavy atom. The van der Waals surface area contributed by atoms with Gasteiger partial charge in [0.1, 0.15) is 5.69 Å². The van der Waals surface area contributed by atoms with Gasteiger partial charge in [0, 0.05) is 12.6 Å². The number of rotatable bonds is 3. The molecule has 0 aliphatic carbocycles. The summed E-state index contributed by atoms with van der Waals surface area (Å²) in [6, 6.07) is 7.59. The van der Waals surface area contributed by atoms with Crippen LogP contribution in [0.1, 0.15) is 11.3 Å².